The second kappa shape index (κ2) is 8.08. The summed E-state index contributed by atoms with van der Waals surface area (Å²) in [7, 11) is 0. The number of aryl methyl sites for hydroxylation is 1. The molecule has 3 nitrogen and oxygen atoms in total. The van der Waals surface area contributed by atoms with Gasteiger partial charge in [0.2, 0.25) is 5.91 Å². The monoisotopic (exact) mass is 376 g/mol. The maximum Gasteiger partial charge on any atom is 0.219 e. The van der Waals surface area contributed by atoms with E-state index in [1.54, 1.807) is 6.92 Å². The van der Waals surface area contributed by atoms with Crippen LogP contribution in [0.3, 0.4) is 0 Å². The molecule has 148 valence electrons. The SMILES string of the molecule is CC(=O)N1Cc2ccccc2CC2(CCCN(CCc3ccc(C)cc3)C2)C1. The molecular formula is C25H32N2O. The van der Waals surface area contributed by atoms with Gasteiger partial charge in [-0.15, -0.1) is 0 Å². The van der Waals surface area contributed by atoms with Crippen molar-refractivity contribution in [1.82, 2.24) is 9.80 Å². The third-order valence-corrected chi connectivity index (χ3v) is 6.59. The van der Waals surface area contributed by atoms with Crippen molar-refractivity contribution in [2.24, 2.45) is 5.41 Å². The maximum atomic E-state index is 12.3. The summed E-state index contributed by atoms with van der Waals surface area (Å²) in [6, 6.07) is 17.6. The van der Waals surface area contributed by atoms with Crippen LogP contribution in [0.5, 0.6) is 0 Å². The highest BCUT2D eigenvalue weighted by molar-refractivity contribution is 5.73. The average molecular weight is 377 g/mol. The smallest absolute Gasteiger partial charge is 0.219 e. The minimum atomic E-state index is 0.184. The predicted octanol–water partition coefficient (Wildman–Crippen LogP) is 4.22. The van der Waals surface area contributed by atoms with Gasteiger partial charge in [0.1, 0.15) is 0 Å². The number of carbonyl (C=O) groups is 1. The van der Waals surface area contributed by atoms with E-state index in [1.165, 1.54) is 41.6 Å². The van der Waals surface area contributed by atoms with Crippen LogP contribution in [0.25, 0.3) is 0 Å². The van der Waals surface area contributed by atoms with E-state index in [-0.39, 0.29) is 11.3 Å². The van der Waals surface area contributed by atoms with Crippen molar-refractivity contribution in [3.05, 3.63) is 70.8 Å². The summed E-state index contributed by atoms with van der Waals surface area (Å²) >= 11 is 0. The van der Waals surface area contributed by atoms with Gasteiger partial charge in [0.15, 0.2) is 0 Å². The van der Waals surface area contributed by atoms with Crippen molar-refractivity contribution in [1.29, 1.82) is 0 Å². The molecule has 4 rings (SSSR count). The van der Waals surface area contributed by atoms with E-state index in [1.807, 2.05) is 0 Å². The molecular weight excluding hydrogens is 344 g/mol. The Morgan fingerprint density at radius 3 is 2.54 bits per heavy atom. The molecule has 1 fully saturated rings. The molecule has 0 bridgehead atoms. The van der Waals surface area contributed by atoms with Crippen LogP contribution in [0, 0.1) is 12.3 Å². The van der Waals surface area contributed by atoms with Crippen LogP contribution in [0.2, 0.25) is 0 Å². The molecule has 0 saturated carbocycles. The minimum Gasteiger partial charge on any atom is -0.338 e. The molecule has 3 heteroatoms. The Morgan fingerprint density at radius 2 is 1.79 bits per heavy atom. The average Bonchev–Trinajstić information content (AvgIpc) is 2.84. The fourth-order valence-corrected chi connectivity index (χ4v) is 5.05. The zero-order valence-electron chi connectivity index (χ0n) is 17.3. The summed E-state index contributed by atoms with van der Waals surface area (Å²) in [6.45, 7) is 8.88. The molecule has 0 radical (unpaired) electrons. The van der Waals surface area contributed by atoms with E-state index in [2.05, 4.69) is 65.3 Å². The molecule has 1 unspecified atom stereocenters. The number of likely N-dealkylation sites (tertiary alicyclic amines) is 1. The Balaban J connectivity index is 1.50. The summed E-state index contributed by atoms with van der Waals surface area (Å²) in [4.78, 5) is 17.0. The number of benzene rings is 2. The van der Waals surface area contributed by atoms with E-state index in [9.17, 15) is 4.79 Å². The van der Waals surface area contributed by atoms with Gasteiger partial charge in [-0.25, -0.2) is 0 Å². The number of hydrogen-bond acceptors (Lipinski definition) is 2. The molecule has 2 aromatic rings. The van der Waals surface area contributed by atoms with E-state index < -0.39 is 0 Å². The fourth-order valence-electron chi connectivity index (χ4n) is 5.05. The van der Waals surface area contributed by atoms with Gasteiger partial charge in [-0.05, 0) is 55.8 Å². The van der Waals surface area contributed by atoms with Gasteiger partial charge >= 0.3 is 0 Å². The summed E-state index contributed by atoms with van der Waals surface area (Å²) in [5.74, 6) is 0.202. The lowest BCUT2D eigenvalue weighted by molar-refractivity contribution is -0.131. The largest absolute Gasteiger partial charge is 0.338 e. The maximum absolute atomic E-state index is 12.3. The molecule has 1 atom stereocenters. The topological polar surface area (TPSA) is 23.6 Å². The lowest BCUT2D eigenvalue weighted by atomic mass is 9.74. The van der Waals surface area contributed by atoms with Gasteiger partial charge in [-0.3, -0.25) is 4.79 Å². The van der Waals surface area contributed by atoms with Gasteiger partial charge in [0.05, 0.1) is 0 Å². The minimum absolute atomic E-state index is 0.184. The van der Waals surface area contributed by atoms with Crippen LogP contribution in [0.1, 0.15) is 42.0 Å². The van der Waals surface area contributed by atoms with E-state index in [4.69, 9.17) is 0 Å². The highest BCUT2D eigenvalue weighted by Gasteiger charge is 2.39. The van der Waals surface area contributed by atoms with Crippen LogP contribution >= 0.6 is 0 Å². The molecule has 0 aliphatic carbocycles. The molecule has 28 heavy (non-hydrogen) atoms. The molecule has 0 aromatic heterocycles. The second-order valence-electron chi connectivity index (χ2n) is 8.94. The standard InChI is InChI=1S/C25H32N2O/c1-20-8-10-22(11-9-20)12-15-26-14-5-13-25(18-26)16-23-6-3-4-7-24(23)17-27(19-25)21(2)28/h3-4,6-11H,5,12-19H2,1-2H3. The van der Waals surface area contributed by atoms with E-state index >= 15 is 0 Å². The van der Waals surface area contributed by atoms with E-state index in [0.717, 1.165) is 39.0 Å². The van der Waals surface area contributed by atoms with Crippen LogP contribution < -0.4 is 0 Å². The second-order valence-corrected chi connectivity index (χ2v) is 8.94. The van der Waals surface area contributed by atoms with Crippen molar-refractivity contribution >= 4 is 5.91 Å². The molecule has 0 N–H and O–H groups in total. The molecule has 1 amide bonds. The van der Waals surface area contributed by atoms with E-state index in [0.29, 0.717) is 0 Å². The Bertz CT molecular complexity index is 829. The Hall–Kier alpha value is -2.13. The Kier molecular flexibility index (Phi) is 5.54. The summed E-state index contributed by atoms with van der Waals surface area (Å²) in [5.41, 5.74) is 5.69. The van der Waals surface area contributed by atoms with Crippen molar-refractivity contribution < 1.29 is 4.79 Å². The Labute approximate surface area is 169 Å². The van der Waals surface area contributed by atoms with Crippen LogP contribution in [-0.2, 0) is 24.2 Å². The summed E-state index contributed by atoms with van der Waals surface area (Å²) < 4.78 is 0. The summed E-state index contributed by atoms with van der Waals surface area (Å²) in [6.07, 6.45) is 4.63. The molecule has 2 aliphatic rings. The van der Waals surface area contributed by atoms with Crippen molar-refractivity contribution in [3.8, 4) is 0 Å². The molecule has 1 saturated heterocycles. The molecule has 2 heterocycles. The van der Waals surface area contributed by atoms with Gasteiger partial charge in [0, 0.05) is 38.5 Å². The zero-order valence-corrected chi connectivity index (χ0v) is 17.3. The van der Waals surface area contributed by atoms with Gasteiger partial charge in [-0.1, -0.05) is 54.1 Å². The van der Waals surface area contributed by atoms with Crippen LogP contribution in [0.15, 0.2) is 48.5 Å². The first-order valence-electron chi connectivity index (χ1n) is 10.6. The number of piperidine rings is 1. The van der Waals surface area contributed by atoms with Crippen LogP contribution in [0.4, 0.5) is 0 Å². The zero-order chi connectivity index (χ0) is 19.6. The first-order chi connectivity index (χ1) is 13.5. The summed E-state index contributed by atoms with van der Waals surface area (Å²) in [5, 5.41) is 0. The lowest BCUT2D eigenvalue weighted by Crippen LogP contribution is -2.50. The number of carbonyl (C=O) groups excluding carboxylic acids is 1. The quantitative estimate of drug-likeness (QED) is 0.801. The van der Waals surface area contributed by atoms with Crippen molar-refractivity contribution in [2.45, 2.75) is 46.1 Å². The first kappa shape index (κ1) is 19.2. The first-order valence-corrected chi connectivity index (χ1v) is 10.6. The number of rotatable bonds is 3. The molecule has 2 aromatic carbocycles. The number of fused-ring (bicyclic) bond motifs is 1. The van der Waals surface area contributed by atoms with Gasteiger partial charge < -0.3 is 9.80 Å². The number of amides is 1. The third kappa shape index (κ3) is 4.30. The van der Waals surface area contributed by atoms with Crippen molar-refractivity contribution in [2.75, 3.05) is 26.2 Å². The van der Waals surface area contributed by atoms with Gasteiger partial charge in [0.25, 0.3) is 0 Å². The number of nitrogens with zero attached hydrogens (tertiary/aromatic N) is 2. The van der Waals surface area contributed by atoms with Gasteiger partial charge in [-0.2, -0.15) is 0 Å². The fraction of sp³-hybridized carbons (Fsp3) is 0.480. The third-order valence-electron chi connectivity index (χ3n) is 6.59. The molecule has 2 aliphatic heterocycles. The van der Waals surface area contributed by atoms with Crippen LogP contribution in [-0.4, -0.2) is 41.9 Å². The van der Waals surface area contributed by atoms with Crippen molar-refractivity contribution in [3.63, 3.8) is 0 Å². The number of hydrogen-bond donors (Lipinski definition) is 0. The molecule has 1 spiro atoms. The lowest BCUT2D eigenvalue weighted by Gasteiger charge is -2.44. The predicted molar refractivity (Wildman–Crippen MR) is 114 cm³/mol. The highest BCUT2D eigenvalue weighted by Crippen LogP contribution is 2.38. The normalized spacial score (nSPS) is 22.7. The Morgan fingerprint density at radius 1 is 1.04 bits per heavy atom. The highest BCUT2D eigenvalue weighted by atomic mass is 16.2.